The fourth-order valence-electron chi connectivity index (χ4n) is 3.36. The minimum absolute atomic E-state index is 0.0361. The molecule has 0 spiro atoms. The second kappa shape index (κ2) is 12.3. The molecule has 2 atom stereocenters. The van der Waals surface area contributed by atoms with Gasteiger partial charge in [0.15, 0.2) is 6.61 Å². The molecule has 0 aliphatic rings. The molecule has 0 aliphatic carbocycles. The lowest BCUT2D eigenvalue weighted by Gasteiger charge is -2.31. The van der Waals surface area contributed by atoms with E-state index in [1.807, 2.05) is 58.9 Å². The standard InChI is InChI=1S/C25H32BrClN2O3/c1-6-18(5)28-25(31)22(7-2)29(14-19-8-10-20(27)11-9-19)23(30)15-32-21-12-16(3)24(26)17(4)13-21/h8-13,18,22H,6-7,14-15H2,1-5H3,(H,28,31). The molecule has 1 N–H and O–H groups in total. The van der Waals surface area contributed by atoms with Gasteiger partial charge in [-0.2, -0.15) is 0 Å². The highest BCUT2D eigenvalue weighted by molar-refractivity contribution is 9.10. The molecule has 0 aliphatic heterocycles. The molecule has 0 saturated heterocycles. The zero-order valence-corrected chi connectivity index (χ0v) is 21.7. The van der Waals surface area contributed by atoms with Crippen LogP contribution in [0.15, 0.2) is 40.9 Å². The summed E-state index contributed by atoms with van der Waals surface area (Å²) in [6, 6.07) is 10.5. The number of nitrogens with one attached hydrogen (secondary N) is 1. The second-order valence-corrected chi connectivity index (χ2v) is 9.28. The van der Waals surface area contributed by atoms with Gasteiger partial charge in [0.2, 0.25) is 5.91 Å². The smallest absolute Gasteiger partial charge is 0.261 e. The molecular weight excluding hydrogens is 492 g/mol. The van der Waals surface area contributed by atoms with Crippen LogP contribution >= 0.6 is 27.5 Å². The molecule has 0 heterocycles. The van der Waals surface area contributed by atoms with Gasteiger partial charge in [0, 0.05) is 22.1 Å². The predicted octanol–water partition coefficient (Wildman–Crippen LogP) is 5.82. The van der Waals surface area contributed by atoms with Gasteiger partial charge in [-0.3, -0.25) is 9.59 Å². The van der Waals surface area contributed by atoms with E-state index >= 15 is 0 Å². The number of carbonyl (C=O) groups excluding carboxylic acids is 2. The zero-order valence-electron chi connectivity index (χ0n) is 19.4. The molecule has 0 saturated carbocycles. The van der Waals surface area contributed by atoms with Crippen LogP contribution in [-0.2, 0) is 16.1 Å². The van der Waals surface area contributed by atoms with Gasteiger partial charge in [0.25, 0.3) is 5.91 Å². The van der Waals surface area contributed by atoms with Crippen LogP contribution in [0.4, 0.5) is 0 Å². The lowest BCUT2D eigenvalue weighted by Crippen LogP contribution is -2.51. The van der Waals surface area contributed by atoms with Crippen LogP contribution in [-0.4, -0.2) is 35.4 Å². The van der Waals surface area contributed by atoms with Crippen LogP contribution in [0.1, 0.15) is 50.3 Å². The highest BCUT2D eigenvalue weighted by Gasteiger charge is 2.29. The number of aryl methyl sites for hydroxylation is 2. The Morgan fingerprint density at radius 3 is 2.22 bits per heavy atom. The van der Waals surface area contributed by atoms with Gasteiger partial charge in [0.1, 0.15) is 11.8 Å². The highest BCUT2D eigenvalue weighted by atomic mass is 79.9. The lowest BCUT2D eigenvalue weighted by atomic mass is 10.1. The third-order valence-corrected chi connectivity index (χ3v) is 6.93. The van der Waals surface area contributed by atoms with E-state index in [9.17, 15) is 9.59 Å². The summed E-state index contributed by atoms with van der Waals surface area (Å²) in [5.74, 6) is 0.226. The van der Waals surface area contributed by atoms with Gasteiger partial charge in [-0.1, -0.05) is 53.5 Å². The maximum atomic E-state index is 13.3. The van der Waals surface area contributed by atoms with Crippen LogP contribution in [0, 0.1) is 13.8 Å². The van der Waals surface area contributed by atoms with E-state index in [1.54, 1.807) is 17.0 Å². The molecule has 0 aromatic heterocycles. The van der Waals surface area contributed by atoms with Crippen molar-refractivity contribution in [3.05, 3.63) is 62.6 Å². The Morgan fingerprint density at radius 2 is 1.69 bits per heavy atom. The number of hydrogen-bond donors (Lipinski definition) is 1. The number of amides is 2. The molecule has 174 valence electrons. The zero-order chi connectivity index (χ0) is 23.8. The van der Waals surface area contributed by atoms with Crippen LogP contribution in [0.5, 0.6) is 5.75 Å². The summed E-state index contributed by atoms with van der Waals surface area (Å²) in [6.45, 7) is 9.97. The van der Waals surface area contributed by atoms with Crippen LogP contribution < -0.4 is 10.1 Å². The molecular formula is C25H32BrClN2O3. The van der Waals surface area contributed by atoms with E-state index in [0.29, 0.717) is 23.7 Å². The van der Waals surface area contributed by atoms with Gasteiger partial charge in [0.05, 0.1) is 0 Å². The lowest BCUT2D eigenvalue weighted by molar-refractivity contribution is -0.143. The fourth-order valence-corrected chi connectivity index (χ4v) is 3.72. The van der Waals surface area contributed by atoms with E-state index in [4.69, 9.17) is 16.3 Å². The quantitative estimate of drug-likeness (QED) is 0.427. The van der Waals surface area contributed by atoms with Gasteiger partial charge >= 0.3 is 0 Å². The second-order valence-electron chi connectivity index (χ2n) is 8.05. The third-order valence-electron chi connectivity index (χ3n) is 5.43. The Morgan fingerprint density at radius 1 is 1.09 bits per heavy atom. The van der Waals surface area contributed by atoms with Crippen molar-refractivity contribution >= 4 is 39.3 Å². The van der Waals surface area contributed by atoms with Crippen molar-refractivity contribution in [2.45, 2.75) is 66.1 Å². The molecule has 7 heteroatoms. The van der Waals surface area contributed by atoms with Crippen molar-refractivity contribution < 1.29 is 14.3 Å². The number of hydrogen-bond acceptors (Lipinski definition) is 3. The maximum absolute atomic E-state index is 13.3. The number of nitrogens with zero attached hydrogens (tertiary/aromatic N) is 1. The largest absolute Gasteiger partial charge is 0.484 e. The van der Waals surface area contributed by atoms with Crippen molar-refractivity contribution in [1.82, 2.24) is 10.2 Å². The molecule has 2 rings (SSSR count). The Hall–Kier alpha value is -2.05. The minimum atomic E-state index is -0.593. The van der Waals surface area contributed by atoms with Crippen molar-refractivity contribution in [2.24, 2.45) is 0 Å². The molecule has 2 amide bonds. The Labute approximate surface area is 204 Å². The van der Waals surface area contributed by atoms with E-state index in [0.717, 1.165) is 27.6 Å². The van der Waals surface area contributed by atoms with Gasteiger partial charge in [-0.15, -0.1) is 0 Å². The minimum Gasteiger partial charge on any atom is -0.484 e. The van der Waals surface area contributed by atoms with Gasteiger partial charge < -0.3 is 15.0 Å². The number of halogens is 2. The first-order valence-electron chi connectivity index (χ1n) is 10.9. The summed E-state index contributed by atoms with van der Waals surface area (Å²) in [4.78, 5) is 27.8. The van der Waals surface area contributed by atoms with Crippen molar-refractivity contribution in [3.8, 4) is 5.75 Å². The number of carbonyl (C=O) groups is 2. The normalized spacial score (nSPS) is 12.7. The summed E-state index contributed by atoms with van der Waals surface area (Å²) >= 11 is 9.55. The molecule has 2 unspecified atom stereocenters. The summed E-state index contributed by atoms with van der Waals surface area (Å²) < 4.78 is 6.86. The van der Waals surface area contributed by atoms with Crippen molar-refractivity contribution in [1.29, 1.82) is 0 Å². The van der Waals surface area contributed by atoms with Crippen LogP contribution in [0.2, 0.25) is 5.02 Å². The van der Waals surface area contributed by atoms with Crippen molar-refractivity contribution in [2.75, 3.05) is 6.61 Å². The fraction of sp³-hybridized carbons (Fsp3) is 0.440. The SMILES string of the molecule is CCC(C)NC(=O)C(CC)N(Cc1ccc(Cl)cc1)C(=O)COc1cc(C)c(Br)c(C)c1. The maximum Gasteiger partial charge on any atom is 0.261 e. The monoisotopic (exact) mass is 522 g/mol. The van der Waals surface area contributed by atoms with Crippen LogP contribution in [0.25, 0.3) is 0 Å². The first kappa shape index (κ1) is 26.2. The molecule has 0 fully saturated rings. The topological polar surface area (TPSA) is 58.6 Å². The predicted molar refractivity (Wildman–Crippen MR) is 133 cm³/mol. The molecule has 2 aromatic carbocycles. The first-order valence-corrected chi connectivity index (χ1v) is 12.1. The van der Waals surface area contributed by atoms with Gasteiger partial charge in [-0.05, 0) is 74.6 Å². The van der Waals surface area contributed by atoms with E-state index in [-0.39, 0.29) is 24.5 Å². The molecule has 0 bridgehead atoms. The van der Waals surface area contributed by atoms with E-state index < -0.39 is 6.04 Å². The van der Waals surface area contributed by atoms with E-state index in [1.165, 1.54) is 0 Å². The summed E-state index contributed by atoms with van der Waals surface area (Å²) in [5.41, 5.74) is 2.96. The molecule has 0 radical (unpaired) electrons. The molecule has 32 heavy (non-hydrogen) atoms. The number of ether oxygens (including phenoxy) is 1. The first-order chi connectivity index (χ1) is 15.2. The van der Waals surface area contributed by atoms with E-state index in [2.05, 4.69) is 21.2 Å². The Balaban J connectivity index is 2.24. The highest BCUT2D eigenvalue weighted by Crippen LogP contribution is 2.26. The Kier molecular flexibility index (Phi) is 10.0. The average molecular weight is 524 g/mol. The summed E-state index contributed by atoms with van der Waals surface area (Å²) in [7, 11) is 0. The summed E-state index contributed by atoms with van der Waals surface area (Å²) in [6.07, 6.45) is 1.32. The van der Waals surface area contributed by atoms with Crippen molar-refractivity contribution in [3.63, 3.8) is 0 Å². The summed E-state index contributed by atoms with van der Waals surface area (Å²) in [5, 5.41) is 3.63. The molecule has 5 nitrogen and oxygen atoms in total. The third kappa shape index (κ3) is 7.24. The van der Waals surface area contributed by atoms with Gasteiger partial charge in [-0.25, -0.2) is 0 Å². The average Bonchev–Trinajstić information content (AvgIpc) is 2.76. The Bertz CT molecular complexity index is 910. The molecule has 2 aromatic rings. The number of rotatable bonds is 10. The number of benzene rings is 2. The van der Waals surface area contributed by atoms with Crippen LogP contribution in [0.3, 0.4) is 0 Å².